The molecule has 0 amide bonds. The molecular weight excluding hydrogens is 717 g/mol. The van der Waals surface area contributed by atoms with E-state index in [2.05, 4.69) is 62.5 Å². The van der Waals surface area contributed by atoms with E-state index in [9.17, 15) is 19.0 Å². The van der Waals surface area contributed by atoms with Crippen LogP contribution in [-0.4, -0.2) is 87.1 Å². The van der Waals surface area contributed by atoms with Crippen LogP contribution in [0, 0.1) is 0 Å². The van der Waals surface area contributed by atoms with Crippen molar-refractivity contribution in [3.8, 4) is 0 Å². The van der Waals surface area contributed by atoms with Gasteiger partial charge in [0.15, 0.2) is 6.10 Å². The predicted octanol–water partition coefficient (Wildman–Crippen LogP) is 10.9. The van der Waals surface area contributed by atoms with Gasteiger partial charge in [-0.15, -0.1) is 0 Å². The highest BCUT2D eigenvalue weighted by Gasteiger charge is 2.37. The van der Waals surface area contributed by atoms with Gasteiger partial charge in [-0.05, 0) is 77.0 Å². The molecule has 0 aromatic rings. The second kappa shape index (κ2) is 33.0. The number of ether oxygens (including phenoxy) is 3. The molecule has 1 saturated heterocycles. The third-order valence-electron chi connectivity index (χ3n) is 9.26. The van der Waals surface area contributed by atoms with E-state index < -0.39 is 32.5 Å². The van der Waals surface area contributed by atoms with Gasteiger partial charge in [0, 0.05) is 12.8 Å². The van der Waals surface area contributed by atoms with E-state index in [1.165, 1.54) is 57.8 Å². The molecule has 4 atom stereocenters. The molecular formula is C44H79NO9P+. The lowest BCUT2D eigenvalue weighted by Crippen LogP contribution is -2.37. The quantitative estimate of drug-likeness (QED) is 0.0163. The van der Waals surface area contributed by atoms with Gasteiger partial charge in [-0.2, -0.15) is 0 Å². The number of carbonyl (C=O) groups is 2. The number of esters is 2. The molecule has 0 bridgehead atoms. The Morgan fingerprint density at radius 2 is 1.22 bits per heavy atom. The van der Waals surface area contributed by atoms with E-state index >= 15 is 0 Å². The fourth-order valence-electron chi connectivity index (χ4n) is 5.74. The summed E-state index contributed by atoms with van der Waals surface area (Å²) in [7, 11) is 1.42. The number of epoxide rings is 1. The standard InChI is InChI=1S/C44H78NO9P/c1-6-8-10-12-14-16-18-20-22-24-26-28-30-34-43(46)50-38-40(39-52-55(48,49)51-37-36-45(3,4)5)53-44(47)35-31-33-42-41(54-42)32-29-27-25-23-21-19-17-15-13-11-9-7-2/h15-18,21,23,27,29,40-42H,6-14,19-20,22,24-26,28,30-39H2,1-5H3/p+1/b17-15-,18-16-,23-21-,29-27-/t40-,41?,42?/m1/s1. The second-order valence-electron chi connectivity index (χ2n) is 15.8. The van der Waals surface area contributed by atoms with Crippen LogP contribution in [0.15, 0.2) is 48.6 Å². The summed E-state index contributed by atoms with van der Waals surface area (Å²) in [5.74, 6) is -0.889. The molecule has 3 unspecified atom stereocenters. The third kappa shape index (κ3) is 33.8. The van der Waals surface area contributed by atoms with E-state index in [1.807, 2.05) is 21.1 Å². The molecule has 0 aliphatic carbocycles. The van der Waals surface area contributed by atoms with Crippen molar-refractivity contribution in [1.82, 2.24) is 0 Å². The van der Waals surface area contributed by atoms with E-state index in [0.717, 1.165) is 57.8 Å². The number of hydrogen-bond acceptors (Lipinski definition) is 8. The molecule has 11 heteroatoms. The summed E-state index contributed by atoms with van der Waals surface area (Å²) in [6.07, 6.45) is 38.9. The van der Waals surface area contributed by atoms with Gasteiger partial charge in [-0.3, -0.25) is 18.6 Å². The highest BCUT2D eigenvalue weighted by Crippen LogP contribution is 2.43. The number of rotatable bonds is 37. The maximum Gasteiger partial charge on any atom is 0.472 e. The van der Waals surface area contributed by atoms with Crippen molar-refractivity contribution in [3.05, 3.63) is 48.6 Å². The Labute approximate surface area is 335 Å². The minimum Gasteiger partial charge on any atom is -0.462 e. The summed E-state index contributed by atoms with van der Waals surface area (Å²) < 4.78 is 40.0. The van der Waals surface area contributed by atoms with Gasteiger partial charge in [0.25, 0.3) is 0 Å². The third-order valence-corrected chi connectivity index (χ3v) is 10.2. The second-order valence-corrected chi connectivity index (χ2v) is 17.2. The first kappa shape index (κ1) is 50.9. The molecule has 318 valence electrons. The fraction of sp³-hybridized carbons (Fsp3) is 0.773. The van der Waals surface area contributed by atoms with E-state index in [-0.39, 0.29) is 38.3 Å². The van der Waals surface area contributed by atoms with Crippen LogP contribution in [0.1, 0.15) is 155 Å². The SMILES string of the molecule is CCCCC/C=C\C/C=C\C/C=C\CC1OC1CCCC(=O)O[C@H](COC(=O)CCCCCCC/C=C\CCCCCC)COP(=O)(O)OCC[N+](C)(C)C. The smallest absolute Gasteiger partial charge is 0.462 e. The van der Waals surface area contributed by atoms with Crippen molar-refractivity contribution in [2.45, 2.75) is 173 Å². The first-order chi connectivity index (χ1) is 26.5. The molecule has 1 heterocycles. The Morgan fingerprint density at radius 3 is 1.89 bits per heavy atom. The Bertz CT molecular complexity index is 1150. The van der Waals surface area contributed by atoms with Crippen LogP contribution < -0.4 is 0 Å². The lowest BCUT2D eigenvalue weighted by Gasteiger charge is -2.24. The van der Waals surface area contributed by atoms with Crippen molar-refractivity contribution in [1.29, 1.82) is 0 Å². The van der Waals surface area contributed by atoms with Gasteiger partial charge >= 0.3 is 19.8 Å². The van der Waals surface area contributed by atoms with Gasteiger partial charge < -0.3 is 23.6 Å². The number of phosphoric acid groups is 1. The van der Waals surface area contributed by atoms with E-state index in [4.69, 9.17) is 23.3 Å². The lowest BCUT2D eigenvalue weighted by molar-refractivity contribution is -0.870. The average Bonchev–Trinajstić information content (AvgIpc) is 3.88. The molecule has 1 rings (SSSR count). The summed E-state index contributed by atoms with van der Waals surface area (Å²) in [5, 5.41) is 0. The van der Waals surface area contributed by atoms with E-state index in [1.54, 1.807) is 0 Å². The number of carbonyl (C=O) groups excluding carboxylic acids is 2. The van der Waals surface area contributed by atoms with Crippen molar-refractivity contribution in [2.75, 3.05) is 47.5 Å². The van der Waals surface area contributed by atoms with Gasteiger partial charge in [0.05, 0.1) is 40.0 Å². The number of nitrogens with zero attached hydrogens (tertiary/aromatic N) is 1. The molecule has 1 fully saturated rings. The first-order valence-corrected chi connectivity index (χ1v) is 23.0. The van der Waals surface area contributed by atoms with Gasteiger partial charge in [-0.1, -0.05) is 114 Å². The summed E-state index contributed by atoms with van der Waals surface area (Å²) in [6.45, 7) is 4.26. The number of allylic oxidation sites excluding steroid dienone is 7. The van der Waals surface area contributed by atoms with Crippen molar-refractivity contribution >= 4 is 19.8 Å². The van der Waals surface area contributed by atoms with E-state index in [0.29, 0.717) is 23.9 Å². The zero-order valence-electron chi connectivity index (χ0n) is 35.3. The Hall–Kier alpha value is -2.07. The molecule has 55 heavy (non-hydrogen) atoms. The summed E-state index contributed by atoms with van der Waals surface area (Å²) in [6, 6.07) is 0. The molecule has 0 aromatic heterocycles. The van der Waals surface area contributed by atoms with Crippen LogP contribution in [0.5, 0.6) is 0 Å². The first-order valence-electron chi connectivity index (χ1n) is 21.5. The molecule has 0 saturated carbocycles. The molecule has 10 nitrogen and oxygen atoms in total. The summed E-state index contributed by atoms with van der Waals surface area (Å²) in [5.41, 5.74) is 0. The maximum atomic E-state index is 12.7. The number of quaternary nitrogens is 1. The normalized spacial score (nSPS) is 17.8. The van der Waals surface area contributed by atoms with Crippen LogP contribution in [-0.2, 0) is 37.4 Å². The summed E-state index contributed by atoms with van der Waals surface area (Å²) in [4.78, 5) is 35.4. The summed E-state index contributed by atoms with van der Waals surface area (Å²) >= 11 is 0. The molecule has 0 aromatic carbocycles. The van der Waals surface area contributed by atoms with Gasteiger partial charge in [0.2, 0.25) is 0 Å². The van der Waals surface area contributed by atoms with Gasteiger partial charge in [-0.25, -0.2) is 4.57 Å². The van der Waals surface area contributed by atoms with Crippen molar-refractivity contribution in [2.24, 2.45) is 0 Å². The molecule has 0 spiro atoms. The Balaban J connectivity index is 2.37. The van der Waals surface area contributed by atoms with Crippen LogP contribution in [0.2, 0.25) is 0 Å². The average molecular weight is 797 g/mol. The van der Waals surface area contributed by atoms with Crippen molar-refractivity contribution in [3.63, 3.8) is 0 Å². The molecule has 0 radical (unpaired) electrons. The van der Waals surface area contributed by atoms with Crippen molar-refractivity contribution < 1.29 is 46.8 Å². The highest BCUT2D eigenvalue weighted by molar-refractivity contribution is 7.47. The number of unbranched alkanes of at least 4 members (excludes halogenated alkanes) is 12. The van der Waals surface area contributed by atoms with Crippen LogP contribution in [0.25, 0.3) is 0 Å². The number of likely N-dealkylation sites (N-methyl/N-ethyl adjacent to an activating group) is 1. The van der Waals surface area contributed by atoms with Gasteiger partial charge in [0.1, 0.15) is 19.8 Å². The number of phosphoric ester groups is 1. The van der Waals surface area contributed by atoms with Crippen LogP contribution >= 0.6 is 7.82 Å². The largest absolute Gasteiger partial charge is 0.472 e. The topological polar surface area (TPSA) is 121 Å². The Morgan fingerprint density at radius 1 is 0.673 bits per heavy atom. The highest BCUT2D eigenvalue weighted by atomic mass is 31.2. The Kier molecular flexibility index (Phi) is 30.5. The van der Waals surface area contributed by atoms with Crippen LogP contribution in [0.3, 0.4) is 0 Å². The molecule has 1 aliphatic rings. The van der Waals surface area contributed by atoms with Crippen LogP contribution in [0.4, 0.5) is 0 Å². The minimum atomic E-state index is -4.40. The maximum absolute atomic E-state index is 12.7. The monoisotopic (exact) mass is 797 g/mol. The zero-order valence-corrected chi connectivity index (χ0v) is 36.2. The predicted molar refractivity (Wildman–Crippen MR) is 224 cm³/mol. The zero-order chi connectivity index (χ0) is 40.5. The molecule has 1 N–H and O–H groups in total. The lowest BCUT2D eigenvalue weighted by atomic mass is 10.1. The molecule has 1 aliphatic heterocycles. The fourth-order valence-corrected chi connectivity index (χ4v) is 6.48. The minimum absolute atomic E-state index is 0.0146. The number of hydrogen-bond donors (Lipinski definition) is 1.